The van der Waals surface area contributed by atoms with Crippen LogP contribution in [0, 0.1) is 34.5 Å². The Balaban J connectivity index is 1.43. The van der Waals surface area contributed by atoms with Gasteiger partial charge in [0, 0.05) is 25.0 Å². The zero-order valence-corrected chi connectivity index (χ0v) is 15.9. The molecule has 0 aromatic heterocycles. The number of hydrogen-bond acceptors (Lipinski definition) is 2. The first-order valence-electron chi connectivity index (χ1n) is 10.9. The number of hydrogen-bond donors (Lipinski definition) is 1. The Kier molecular flexibility index (Phi) is 3.51. The summed E-state index contributed by atoms with van der Waals surface area (Å²) < 4.78 is 0. The van der Waals surface area contributed by atoms with Gasteiger partial charge in [-0.05, 0) is 80.5 Å². The van der Waals surface area contributed by atoms with Crippen molar-refractivity contribution in [3.8, 4) is 0 Å². The van der Waals surface area contributed by atoms with Gasteiger partial charge in [-0.3, -0.25) is 4.90 Å². The second-order valence-corrected chi connectivity index (χ2v) is 10.7. The molecule has 0 spiro atoms. The molecule has 7 atom stereocenters. The Labute approximate surface area is 148 Å². The maximum absolute atomic E-state index is 11.6. The predicted octanol–water partition coefficient (Wildman–Crippen LogP) is 4.47. The maximum Gasteiger partial charge on any atom is 0.0830 e. The van der Waals surface area contributed by atoms with E-state index < -0.39 is 5.60 Å². The lowest BCUT2D eigenvalue weighted by Gasteiger charge is -2.61. The van der Waals surface area contributed by atoms with Crippen LogP contribution in [0.4, 0.5) is 0 Å². The Hall–Kier alpha value is -0.0800. The van der Waals surface area contributed by atoms with Crippen LogP contribution in [0.1, 0.15) is 78.1 Å². The molecule has 1 saturated heterocycles. The van der Waals surface area contributed by atoms with Gasteiger partial charge >= 0.3 is 0 Å². The quantitative estimate of drug-likeness (QED) is 0.755. The zero-order chi connectivity index (χ0) is 16.6. The van der Waals surface area contributed by atoms with E-state index in [9.17, 15) is 5.11 Å². The first-order valence-corrected chi connectivity index (χ1v) is 10.9. The molecular formula is C22H37NO. The molecule has 0 aromatic carbocycles. The number of aliphatic hydroxyl groups is 1. The highest BCUT2D eigenvalue weighted by Gasteiger charge is 2.64. The van der Waals surface area contributed by atoms with Gasteiger partial charge in [0.15, 0.2) is 0 Å². The molecule has 0 radical (unpaired) electrons. The van der Waals surface area contributed by atoms with Crippen LogP contribution >= 0.6 is 0 Å². The van der Waals surface area contributed by atoms with Gasteiger partial charge in [0.2, 0.25) is 0 Å². The largest absolute Gasteiger partial charge is 0.388 e. The molecule has 0 aromatic rings. The highest BCUT2D eigenvalue weighted by molar-refractivity contribution is 5.15. The fourth-order valence-electron chi connectivity index (χ4n) is 8.26. The van der Waals surface area contributed by atoms with E-state index in [2.05, 4.69) is 18.7 Å². The van der Waals surface area contributed by atoms with Crippen molar-refractivity contribution in [2.45, 2.75) is 83.7 Å². The van der Waals surface area contributed by atoms with Crippen molar-refractivity contribution in [1.29, 1.82) is 0 Å². The first kappa shape index (κ1) is 16.1. The molecule has 5 fully saturated rings. The fourth-order valence-corrected chi connectivity index (χ4v) is 8.26. The van der Waals surface area contributed by atoms with Crippen molar-refractivity contribution in [3.63, 3.8) is 0 Å². The third-order valence-electron chi connectivity index (χ3n) is 9.93. The van der Waals surface area contributed by atoms with Gasteiger partial charge in [0.05, 0.1) is 5.60 Å². The third-order valence-corrected chi connectivity index (χ3v) is 9.93. The first-order chi connectivity index (χ1) is 11.5. The van der Waals surface area contributed by atoms with E-state index >= 15 is 0 Å². The topological polar surface area (TPSA) is 23.2 Å². The molecule has 2 nitrogen and oxygen atoms in total. The SMILES string of the molecule is CC12CCCCC1CCC1C2CCC2(C)C1CCC2(O)CN1CC1. The summed E-state index contributed by atoms with van der Waals surface area (Å²) >= 11 is 0. The highest BCUT2D eigenvalue weighted by Crippen LogP contribution is 2.68. The summed E-state index contributed by atoms with van der Waals surface area (Å²) in [5, 5.41) is 11.6. The van der Waals surface area contributed by atoms with Crippen molar-refractivity contribution in [3.05, 3.63) is 0 Å². The summed E-state index contributed by atoms with van der Waals surface area (Å²) in [6.07, 6.45) is 13.9. The third kappa shape index (κ3) is 2.08. The van der Waals surface area contributed by atoms with Gasteiger partial charge in [0.25, 0.3) is 0 Å². The van der Waals surface area contributed by atoms with Crippen molar-refractivity contribution in [2.24, 2.45) is 34.5 Å². The average Bonchev–Trinajstić information content (AvgIpc) is 3.32. The predicted molar refractivity (Wildman–Crippen MR) is 97.7 cm³/mol. The van der Waals surface area contributed by atoms with Crippen molar-refractivity contribution >= 4 is 0 Å². The van der Waals surface area contributed by atoms with E-state index in [4.69, 9.17) is 0 Å². The Morgan fingerprint density at radius 2 is 1.67 bits per heavy atom. The summed E-state index contributed by atoms with van der Waals surface area (Å²) in [4.78, 5) is 2.46. The van der Waals surface area contributed by atoms with Gasteiger partial charge in [-0.15, -0.1) is 0 Å². The molecule has 1 heterocycles. The Morgan fingerprint density at radius 3 is 2.46 bits per heavy atom. The van der Waals surface area contributed by atoms with Crippen LogP contribution in [0.3, 0.4) is 0 Å². The number of rotatable bonds is 2. The number of nitrogens with zero attached hydrogens (tertiary/aromatic N) is 1. The van der Waals surface area contributed by atoms with Gasteiger partial charge in [0.1, 0.15) is 0 Å². The van der Waals surface area contributed by atoms with Crippen molar-refractivity contribution in [1.82, 2.24) is 4.90 Å². The monoisotopic (exact) mass is 331 g/mol. The van der Waals surface area contributed by atoms with Gasteiger partial charge in [-0.1, -0.05) is 26.7 Å². The number of β-amino-alcohol motifs (C(OH)–C–C–N with tert-alkyl or cyclic N) is 1. The van der Waals surface area contributed by atoms with Crippen LogP contribution in [0.25, 0.3) is 0 Å². The molecular weight excluding hydrogens is 294 g/mol. The van der Waals surface area contributed by atoms with Crippen molar-refractivity contribution in [2.75, 3.05) is 19.6 Å². The van der Waals surface area contributed by atoms with Crippen LogP contribution in [-0.2, 0) is 0 Å². The minimum Gasteiger partial charge on any atom is -0.388 e. The molecule has 1 aliphatic heterocycles. The average molecular weight is 332 g/mol. The molecule has 5 aliphatic rings. The van der Waals surface area contributed by atoms with E-state index in [1.807, 2.05) is 0 Å². The molecule has 1 N–H and O–H groups in total. The molecule has 24 heavy (non-hydrogen) atoms. The summed E-state index contributed by atoms with van der Waals surface area (Å²) in [7, 11) is 0. The van der Waals surface area contributed by atoms with Crippen molar-refractivity contribution < 1.29 is 5.11 Å². The van der Waals surface area contributed by atoms with E-state index in [0.29, 0.717) is 5.41 Å². The summed E-state index contributed by atoms with van der Waals surface area (Å²) in [6, 6.07) is 0. The molecule has 136 valence electrons. The van der Waals surface area contributed by atoms with Crippen LogP contribution in [0.2, 0.25) is 0 Å². The standard InChI is InChI=1S/C22H37NO/c1-20-10-4-3-5-16(20)6-7-17-18(20)8-11-21(2)19(17)9-12-22(21,24)15-23-13-14-23/h16-19,24H,3-15H2,1-2H3. The van der Waals surface area contributed by atoms with E-state index in [1.54, 1.807) is 0 Å². The second-order valence-electron chi connectivity index (χ2n) is 10.7. The minimum atomic E-state index is -0.399. The number of fused-ring (bicyclic) bond motifs is 5. The Morgan fingerprint density at radius 1 is 0.875 bits per heavy atom. The van der Waals surface area contributed by atoms with E-state index in [0.717, 1.165) is 36.6 Å². The minimum absolute atomic E-state index is 0.189. The lowest BCUT2D eigenvalue weighted by Crippen LogP contribution is -2.57. The van der Waals surface area contributed by atoms with Crippen LogP contribution in [-0.4, -0.2) is 35.2 Å². The van der Waals surface area contributed by atoms with Crippen LogP contribution in [0.15, 0.2) is 0 Å². The highest BCUT2D eigenvalue weighted by atomic mass is 16.3. The van der Waals surface area contributed by atoms with Gasteiger partial charge < -0.3 is 5.11 Å². The lowest BCUT2D eigenvalue weighted by molar-refractivity contribution is -0.153. The smallest absolute Gasteiger partial charge is 0.0830 e. The molecule has 7 unspecified atom stereocenters. The summed E-state index contributed by atoms with van der Waals surface area (Å²) in [5.41, 5.74) is 0.418. The summed E-state index contributed by atoms with van der Waals surface area (Å²) in [5.74, 6) is 3.67. The molecule has 0 amide bonds. The summed E-state index contributed by atoms with van der Waals surface area (Å²) in [6.45, 7) is 8.52. The molecule has 4 aliphatic carbocycles. The molecule has 0 bridgehead atoms. The molecule has 5 rings (SSSR count). The maximum atomic E-state index is 11.6. The lowest BCUT2D eigenvalue weighted by atomic mass is 9.44. The molecule has 4 saturated carbocycles. The zero-order valence-electron chi connectivity index (χ0n) is 15.9. The van der Waals surface area contributed by atoms with E-state index in [1.165, 1.54) is 70.9 Å². The normalized spacial score (nSPS) is 57.1. The second kappa shape index (κ2) is 5.22. The molecule has 2 heteroatoms. The van der Waals surface area contributed by atoms with E-state index in [-0.39, 0.29) is 5.41 Å². The van der Waals surface area contributed by atoms with Gasteiger partial charge in [-0.25, -0.2) is 0 Å². The fraction of sp³-hybridized carbons (Fsp3) is 1.00. The van der Waals surface area contributed by atoms with Crippen LogP contribution in [0.5, 0.6) is 0 Å². The van der Waals surface area contributed by atoms with Gasteiger partial charge in [-0.2, -0.15) is 0 Å². The Bertz CT molecular complexity index is 516. The van der Waals surface area contributed by atoms with Crippen LogP contribution < -0.4 is 0 Å².